The Balaban J connectivity index is 1.78. The summed E-state index contributed by atoms with van der Waals surface area (Å²) in [4.78, 5) is 26.4. The van der Waals surface area contributed by atoms with Gasteiger partial charge in [-0.2, -0.15) is 0 Å². The van der Waals surface area contributed by atoms with E-state index in [0.717, 1.165) is 18.4 Å². The number of sulfone groups is 1. The van der Waals surface area contributed by atoms with Crippen molar-refractivity contribution in [3.63, 3.8) is 0 Å². The van der Waals surface area contributed by atoms with Gasteiger partial charge in [0.15, 0.2) is 20.8 Å². The maximum absolute atomic E-state index is 12.8. The first-order valence-corrected chi connectivity index (χ1v) is 10.4. The molecule has 3 rings (SSSR count). The predicted molar refractivity (Wildman–Crippen MR) is 101 cm³/mol. The van der Waals surface area contributed by atoms with Crippen LogP contribution in [0.1, 0.15) is 10.4 Å². The van der Waals surface area contributed by atoms with E-state index >= 15 is 0 Å². The predicted octanol–water partition coefficient (Wildman–Crippen LogP) is 1.40. The number of piperazine rings is 1. The summed E-state index contributed by atoms with van der Waals surface area (Å²) in [5, 5.41) is 19.2. The molecule has 1 aromatic heterocycles. The normalized spacial score (nSPS) is 14.8. The Morgan fingerprint density at radius 1 is 1.14 bits per heavy atom. The van der Waals surface area contributed by atoms with Crippen LogP contribution in [0.5, 0.6) is 0 Å². The molecule has 0 spiro atoms. The third-order valence-corrected chi connectivity index (χ3v) is 5.58. The SMILES string of the molecule is CS(=O)(=O)c1cc(C(=O)N2CCN(c3ccc(Cl)nn3)CC2)cc([N+](=O)[O-])c1. The largest absolute Gasteiger partial charge is 0.352 e. The van der Waals surface area contributed by atoms with E-state index in [0.29, 0.717) is 32.0 Å². The van der Waals surface area contributed by atoms with Crippen molar-refractivity contribution >= 4 is 38.9 Å². The molecule has 1 fully saturated rings. The van der Waals surface area contributed by atoms with Gasteiger partial charge in [0.25, 0.3) is 11.6 Å². The number of amides is 1. The standard InChI is InChI=1S/C16H16ClN5O5S/c1-28(26,27)13-9-11(8-12(10-13)22(24)25)16(23)21-6-4-20(5-7-21)15-3-2-14(17)18-19-15/h2-3,8-10H,4-7H2,1H3. The molecule has 0 atom stereocenters. The lowest BCUT2D eigenvalue weighted by Gasteiger charge is -2.35. The van der Waals surface area contributed by atoms with Crippen LogP contribution in [0, 0.1) is 10.1 Å². The lowest BCUT2D eigenvalue weighted by atomic mass is 10.1. The number of halogens is 1. The van der Waals surface area contributed by atoms with Gasteiger partial charge in [-0.05, 0) is 18.2 Å². The second kappa shape index (κ2) is 7.68. The molecule has 1 amide bonds. The van der Waals surface area contributed by atoms with E-state index in [1.54, 1.807) is 12.1 Å². The smallest absolute Gasteiger partial charge is 0.271 e. The summed E-state index contributed by atoms with van der Waals surface area (Å²) in [5.41, 5.74) is -0.476. The zero-order valence-electron chi connectivity index (χ0n) is 14.8. The minimum Gasteiger partial charge on any atom is -0.352 e. The lowest BCUT2D eigenvalue weighted by Crippen LogP contribution is -2.49. The molecule has 0 saturated carbocycles. The highest BCUT2D eigenvalue weighted by molar-refractivity contribution is 7.90. The highest BCUT2D eigenvalue weighted by Crippen LogP contribution is 2.23. The Bertz CT molecular complexity index is 1020. The number of rotatable bonds is 4. The van der Waals surface area contributed by atoms with Crippen LogP contribution in [-0.2, 0) is 9.84 Å². The van der Waals surface area contributed by atoms with Crippen LogP contribution < -0.4 is 4.90 Å². The fourth-order valence-corrected chi connectivity index (χ4v) is 3.60. The van der Waals surface area contributed by atoms with Crippen molar-refractivity contribution in [2.45, 2.75) is 4.90 Å². The van der Waals surface area contributed by atoms with Crippen LogP contribution in [0.15, 0.2) is 35.2 Å². The highest BCUT2D eigenvalue weighted by atomic mass is 35.5. The van der Waals surface area contributed by atoms with Gasteiger partial charge < -0.3 is 9.80 Å². The average molecular weight is 426 g/mol. The number of carbonyl (C=O) groups excluding carboxylic acids is 1. The zero-order chi connectivity index (χ0) is 20.5. The molecule has 1 aromatic carbocycles. The van der Waals surface area contributed by atoms with Crippen LogP contribution in [0.2, 0.25) is 5.15 Å². The molecule has 2 aromatic rings. The van der Waals surface area contributed by atoms with Crippen LogP contribution in [-0.4, -0.2) is 66.8 Å². The van der Waals surface area contributed by atoms with Gasteiger partial charge in [-0.25, -0.2) is 8.42 Å². The third kappa shape index (κ3) is 4.37. The summed E-state index contributed by atoms with van der Waals surface area (Å²) in [6.07, 6.45) is 0.937. The number of nitro groups is 1. The Labute approximate surface area is 165 Å². The van der Waals surface area contributed by atoms with Gasteiger partial charge in [0.05, 0.1) is 9.82 Å². The first-order valence-electron chi connectivity index (χ1n) is 8.18. The summed E-state index contributed by atoms with van der Waals surface area (Å²) in [6, 6.07) is 6.56. The molecule has 28 heavy (non-hydrogen) atoms. The Morgan fingerprint density at radius 2 is 1.82 bits per heavy atom. The number of nitrogens with zero attached hydrogens (tertiary/aromatic N) is 5. The quantitative estimate of drug-likeness (QED) is 0.531. The molecule has 2 heterocycles. The first-order chi connectivity index (χ1) is 13.1. The summed E-state index contributed by atoms with van der Waals surface area (Å²) < 4.78 is 23.6. The number of benzene rings is 1. The average Bonchev–Trinajstić information content (AvgIpc) is 2.67. The lowest BCUT2D eigenvalue weighted by molar-refractivity contribution is -0.385. The fourth-order valence-electron chi connectivity index (χ4n) is 2.83. The van der Waals surface area contributed by atoms with Crippen LogP contribution in [0.3, 0.4) is 0 Å². The molecule has 0 unspecified atom stereocenters. The Kier molecular flexibility index (Phi) is 5.47. The highest BCUT2D eigenvalue weighted by Gasteiger charge is 2.26. The number of nitro benzene ring substituents is 1. The van der Waals surface area contributed by atoms with Gasteiger partial charge in [-0.15, -0.1) is 10.2 Å². The molecule has 0 bridgehead atoms. The molecule has 1 aliphatic heterocycles. The van der Waals surface area contributed by atoms with Crippen molar-refractivity contribution in [3.05, 3.63) is 51.2 Å². The molecule has 0 radical (unpaired) electrons. The van der Waals surface area contributed by atoms with Gasteiger partial charge in [0.2, 0.25) is 0 Å². The van der Waals surface area contributed by atoms with Gasteiger partial charge in [-0.1, -0.05) is 11.6 Å². The molecule has 0 aliphatic carbocycles. The number of carbonyl (C=O) groups is 1. The Hall–Kier alpha value is -2.79. The van der Waals surface area contributed by atoms with Gasteiger partial charge in [-0.3, -0.25) is 14.9 Å². The van der Waals surface area contributed by atoms with Crippen molar-refractivity contribution in [1.82, 2.24) is 15.1 Å². The van der Waals surface area contributed by atoms with Crippen LogP contribution in [0.25, 0.3) is 0 Å². The molecule has 1 saturated heterocycles. The summed E-state index contributed by atoms with van der Waals surface area (Å²) in [7, 11) is -3.70. The minimum atomic E-state index is -3.70. The van der Waals surface area contributed by atoms with Crippen molar-refractivity contribution in [1.29, 1.82) is 0 Å². The molecule has 0 N–H and O–H groups in total. The van der Waals surface area contributed by atoms with E-state index in [2.05, 4.69) is 10.2 Å². The van der Waals surface area contributed by atoms with Crippen LogP contribution in [0.4, 0.5) is 11.5 Å². The minimum absolute atomic E-state index is 0.0330. The summed E-state index contributed by atoms with van der Waals surface area (Å²) >= 11 is 5.73. The molecule has 1 aliphatic rings. The monoisotopic (exact) mass is 425 g/mol. The number of aromatic nitrogens is 2. The van der Waals surface area contributed by atoms with E-state index < -0.39 is 26.4 Å². The van der Waals surface area contributed by atoms with Crippen LogP contribution >= 0.6 is 11.6 Å². The molecule has 10 nitrogen and oxygen atoms in total. The van der Waals surface area contributed by atoms with E-state index in [1.807, 2.05) is 4.90 Å². The van der Waals surface area contributed by atoms with Crippen molar-refractivity contribution < 1.29 is 18.1 Å². The van der Waals surface area contributed by atoms with Gasteiger partial charge in [0, 0.05) is 50.1 Å². The maximum Gasteiger partial charge on any atom is 0.271 e. The number of anilines is 1. The molecule has 148 valence electrons. The molecule has 12 heteroatoms. The second-order valence-corrected chi connectivity index (χ2v) is 8.64. The van der Waals surface area contributed by atoms with Crippen molar-refractivity contribution in [3.8, 4) is 0 Å². The number of non-ortho nitro benzene ring substituents is 1. The Morgan fingerprint density at radius 3 is 2.36 bits per heavy atom. The number of hydrogen-bond donors (Lipinski definition) is 0. The fraction of sp³-hybridized carbons (Fsp3) is 0.312. The van der Waals surface area contributed by atoms with E-state index in [1.165, 1.54) is 11.0 Å². The van der Waals surface area contributed by atoms with Crippen molar-refractivity contribution in [2.24, 2.45) is 0 Å². The zero-order valence-corrected chi connectivity index (χ0v) is 16.4. The van der Waals surface area contributed by atoms with Crippen molar-refractivity contribution in [2.75, 3.05) is 37.3 Å². The maximum atomic E-state index is 12.8. The van der Waals surface area contributed by atoms with E-state index in [9.17, 15) is 23.3 Å². The second-order valence-electron chi connectivity index (χ2n) is 6.24. The summed E-state index contributed by atoms with van der Waals surface area (Å²) in [6.45, 7) is 1.66. The third-order valence-electron chi connectivity index (χ3n) is 4.29. The van der Waals surface area contributed by atoms with E-state index in [4.69, 9.17) is 11.6 Å². The topological polar surface area (TPSA) is 127 Å². The van der Waals surface area contributed by atoms with Gasteiger partial charge in [0.1, 0.15) is 0 Å². The van der Waals surface area contributed by atoms with Gasteiger partial charge >= 0.3 is 0 Å². The number of hydrogen-bond acceptors (Lipinski definition) is 8. The molecular weight excluding hydrogens is 410 g/mol. The first kappa shape index (κ1) is 20.0. The molecular formula is C16H16ClN5O5S. The summed E-state index contributed by atoms with van der Waals surface area (Å²) in [5.74, 6) is 0.168. The van der Waals surface area contributed by atoms with E-state index in [-0.39, 0.29) is 15.6 Å².